The van der Waals surface area contributed by atoms with Gasteiger partial charge in [0.25, 0.3) is 0 Å². The van der Waals surface area contributed by atoms with Gasteiger partial charge < -0.3 is 25.6 Å². The molecule has 7 nitrogen and oxygen atoms in total. The van der Waals surface area contributed by atoms with Crippen LogP contribution in [0.15, 0.2) is 59.6 Å². The largest absolute Gasteiger partial charge is 0.497 e. The van der Waals surface area contributed by atoms with Crippen LogP contribution < -0.4 is 25.6 Å². The number of aliphatic imine (C=N–C) groups is 1. The van der Waals surface area contributed by atoms with Crippen LogP contribution in [0.5, 0.6) is 5.75 Å². The van der Waals surface area contributed by atoms with Gasteiger partial charge in [-0.25, -0.2) is 0 Å². The minimum atomic E-state index is -0.0880. The SMILES string of the molecule is CCN(CCCNC(=NC)NCC(=O)NCc1ccc(OC)cc1)c1ccccc1.I. The zero-order valence-corrected chi connectivity index (χ0v) is 20.9. The van der Waals surface area contributed by atoms with Crippen LogP contribution in [0.3, 0.4) is 0 Å². The van der Waals surface area contributed by atoms with E-state index in [1.807, 2.05) is 30.3 Å². The lowest BCUT2D eigenvalue weighted by atomic mass is 10.2. The van der Waals surface area contributed by atoms with Gasteiger partial charge in [0.05, 0.1) is 13.7 Å². The van der Waals surface area contributed by atoms with Gasteiger partial charge in [-0.15, -0.1) is 24.0 Å². The maximum Gasteiger partial charge on any atom is 0.239 e. The summed E-state index contributed by atoms with van der Waals surface area (Å²) in [6, 6.07) is 18.0. The number of guanidine groups is 1. The van der Waals surface area contributed by atoms with Crippen molar-refractivity contribution in [1.82, 2.24) is 16.0 Å². The number of hydrogen-bond acceptors (Lipinski definition) is 4. The summed E-state index contributed by atoms with van der Waals surface area (Å²) in [5.74, 6) is 1.33. The van der Waals surface area contributed by atoms with Crippen molar-refractivity contribution in [2.75, 3.05) is 45.2 Å². The molecule has 0 spiro atoms. The van der Waals surface area contributed by atoms with Crippen molar-refractivity contribution in [1.29, 1.82) is 0 Å². The van der Waals surface area contributed by atoms with Gasteiger partial charge >= 0.3 is 0 Å². The van der Waals surface area contributed by atoms with Crippen LogP contribution in [0.25, 0.3) is 0 Å². The standard InChI is InChI=1S/C23H33N5O2.HI/c1-4-28(20-9-6-5-7-10-20)16-8-15-25-23(24-2)27-18-22(29)26-17-19-11-13-21(30-3)14-12-19;/h5-7,9-14H,4,8,15-18H2,1-3H3,(H,26,29)(H2,24,25,27);1H. The van der Waals surface area contributed by atoms with Crippen LogP contribution in [0.2, 0.25) is 0 Å². The molecule has 0 heterocycles. The molecule has 2 aromatic carbocycles. The third kappa shape index (κ3) is 9.91. The minimum Gasteiger partial charge on any atom is -0.497 e. The summed E-state index contributed by atoms with van der Waals surface area (Å²) in [5.41, 5.74) is 2.25. The number of carbonyl (C=O) groups is 1. The molecule has 0 radical (unpaired) electrons. The van der Waals surface area contributed by atoms with Gasteiger partial charge in [0, 0.05) is 38.9 Å². The number of anilines is 1. The second-order valence-corrected chi connectivity index (χ2v) is 6.75. The molecule has 0 aliphatic carbocycles. The summed E-state index contributed by atoms with van der Waals surface area (Å²) in [5, 5.41) is 9.20. The first-order valence-electron chi connectivity index (χ1n) is 10.3. The third-order valence-corrected chi connectivity index (χ3v) is 4.69. The first-order valence-corrected chi connectivity index (χ1v) is 10.3. The summed E-state index contributed by atoms with van der Waals surface area (Å²) in [6.45, 7) is 5.49. The van der Waals surface area contributed by atoms with Gasteiger partial charge in [0.15, 0.2) is 5.96 Å². The number of nitrogens with zero attached hydrogens (tertiary/aromatic N) is 2. The van der Waals surface area contributed by atoms with Crippen molar-refractivity contribution in [2.45, 2.75) is 19.9 Å². The van der Waals surface area contributed by atoms with Crippen molar-refractivity contribution in [3.63, 3.8) is 0 Å². The monoisotopic (exact) mass is 539 g/mol. The molecule has 3 N–H and O–H groups in total. The zero-order valence-electron chi connectivity index (χ0n) is 18.6. The first kappa shape index (κ1) is 26.5. The number of halogens is 1. The summed E-state index contributed by atoms with van der Waals surface area (Å²) >= 11 is 0. The van der Waals surface area contributed by atoms with Crippen molar-refractivity contribution in [2.24, 2.45) is 4.99 Å². The maximum absolute atomic E-state index is 12.1. The molecule has 0 aliphatic heterocycles. The molecular weight excluding hydrogens is 505 g/mol. The fourth-order valence-corrected chi connectivity index (χ4v) is 2.98. The highest BCUT2D eigenvalue weighted by Crippen LogP contribution is 2.13. The Hall–Kier alpha value is -2.49. The lowest BCUT2D eigenvalue weighted by Gasteiger charge is -2.23. The third-order valence-electron chi connectivity index (χ3n) is 4.69. The number of amides is 1. The van der Waals surface area contributed by atoms with Gasteiger partial charge in [-0.1, -0.05) is 30.3 Å². The first-order chi connectivity index (χ1) is 14.7. The Kier molecular flexibility index (Phi) is 13.1. The molecule has 0 bridgehead atoms. The molecule has 8 heteroatoms. The van der Waals surface area contributed by atoms with Crippen LogP contribution in [-0.4, -0.2) is 52.2 Å². The fourth-order valence-electron chi connectivity index (χ4n) is 2.98. The Labute approximate surface area is 202 Å². The van der Waals surface area contributed by atoms with Gasteiger partial charge in [-0.05, 0) is 43.2 Å². The highest BCUT2D eigenvalue weighted by atomic mass is 127. The molecule has 0 saturated carbocycles. The van der Waals surface area contributed by atoms with Gasteiger partial charge in [-0.2, -0.15) is 0 Å². The van der Waals surface area contributed by atoms with Gasteiger partial charge in [0.1, 0.15) is 5.75 Å². The summed E-state index contributed by atoms with van der Waals surface area (Å²) < 4.78 is 5.13. The Morgan fingerprint density at radius 1 is 1.03 bits per heavy atom. The van der Waals surface area contributed by atoms with E-state index in [-0.39, 0.29) is 36.4 Å². The highest BCUT2D eigenvalue weighted by molar-refractivity contribution is 14.0. The van der Waals surface area contributed by atoms with E-state index in [2.05, 4.69) is 57.0 Å². The van der Waals surface area contributed by atoms with E-state index in [0.29, 0.717) is 12.5 Å². The number of hydrogen-bond donors (Lipinski definition) is 3. The normalized spacial score (nSPS) is 10.6. The number of nitrogens with one attached hydrogen (secondary N) is 3. The lowest BCUT2D eigenvalue weighted by molar-refractivity contribution is -0.120. The van der Waals surface area contributed by atoms with E-state index in [1.165, 1.54) is 5.69 Å². The number of benzene rings is 2. The molecule has 2 rings (SSSR count). The van der Waals surface area contributed by atoms with E-state index in [9.17, 15) is 4.79 Å². The molecule has 0 atom stereocenters. The molecule has 2 aromatic rings. The minimum absolute atomic E-state index is 0. The molecule has 0 aromatic heterocycles. The molecule has 0 fully saturated rings. The molecule has 170 valence electrons. The van der Waals surface area contributed by atoms with Crippen molar-refractivity contribution in [3.8, 4) is 5.75 Å². The molecule has 0 aliphatic rings. The average molecular weight is 539 g/mol. The number of rotatable bonds is 11. The van der Waals surface area contributed by atoms with Crippen LogP contribution >= 0.6 is 24.0 Å². The number of carbonyl (C=O) groups excluding carboxylic acids is 1. The Balaban J connectivity index is 0.00000480. The topological polar surface area (TPSA) is 78.0 Å². The van der Waals surface area contributed by atoms with Crippen molar-refractivity contribution in [3.05, 3.63) is 60.2 Å². The van der Waals surface area contributed by atoms with E-state index >= 15 is 0 Å². The Morgan fingerprint density at radius 3 is 2.35 bits per heavy atom. The molecule has 0 unspecified atom stereocenters. The van der Waals surface area contributed by atoms with Gasteiger partial charge in [0.2, 0.25) is 5.91 Å². The van der Waals surface area contributed by atoms with E-state index in [4.69, 9.17) is 4.74 Å². The maximum atomic E-state index is 12.1. The molecule has 0 saturated heterocycles. The van der Waals surface area contributed by atoms with Gasteiger partial charge in [-0.3, -0.25) is 9.79 Å². The summed E-state index contributed by atoms with van der Waals surface area (Å²) in [7, 11) is 3.33. The second kappa shape index (κ2) is 15.3. The number of methoxy groups -OCH3 is 1. The second-order valence-electron chi connectivity index (χ2n) is 6.75. The summed E-state index contributed by atoms with van der Waals surface area (Å²) in [6.07, 6.45) is 0.965. The molecular formula is C23H34IN5O2. The Bertz CT molecular complexity index is 784. The molecule has 1 amide bonds. The van der Waals surface area contributed by atoms with E-state index in [0.717, 1.165) is 37.4 Å². The average Bonchev–Trinajstić information content (AvgIpc) is 2.80. The van der Waals surface area contributed by atoms with Crippen molar-refractivity contribution >= 4 is 41.5 Å². The predicted octanol–water partition coefficient (Wildman–Crippen LogP) is 3.01. The van der Waals surface area contributed by atoms with Crippen LogP contribution in [-0.2, 0) is 11.3 Å². The van der Waals surface area contributed by atoms with Crippen molar-refractivity contribution < 1.29 is 9.53 Å². The lowest BCUT2D eigenvalue weighted by Crippen LogP contribution is -2.43. The quantitative estimate of drug-likeness (QED) is 0.177. The Morgan fingerprint density at radius 2 is 1.74 bits per heavy atom. The van der Waals surface area contributed by atoms with Crippen LogP contribution in [0, 0.1) is 0 Å². The molecule has 31 heavy (non-hydrogen) atoms. The summed E-state index contributed by atoms with van der Waals surface area (Å²) in [4.78, 5) is 18.6. The highest BCUT2D eigenvalue weighted by Gasteiger charge is 2.05. The van der Waals surface area contributed by atoms with Crippen LogP contribution in [0.4, 0.5) is 5.69 Å². The number of para-hydroxylation sites is 1. The fraction of sp³-hybridized carbons (Fsp3) is 0.391. The van der Waals surface area contributed by atoms with E-state index < -0.39 is 0 Å². The number of ether oxygens (including phenoxy) is 1. The van der Waals surface area contributed by atoms with E-state index in [1.54, 1.807) is 14.2 Å². The van der Waals surface area contributed by atoms with Crippen LogP contribution in [0.1, 0.15) is 18.9 Å². The smallest absolute Gasteiger partial charge is 0.239 e. The predicted molar refractivity (Wildman–Crippen MR) is 139 cm³/mol. The zero-order chi connectivity index (χ0) is 21.6.